The fraction of sp³-hybridized carbons (Fsp3) is 0.0714. The van der Waals surface area contributed by atoms with Crippen LogP contribution in [-0.2, 0) is 6.54 Å². The zero-order valence-corrected chi connectivity index (χ0v) is 11.9. The van der Waals surface area contributed by atoms with Gasteiger partial charge in [-0.25, -0.2) is 14.8 Å². The van der Waals surface area contributed by atoms with E-state index in [9.17, 15) is 4.79 Å². The Kier molecular flexibility index (Phi) is 3.59. The summed E-state index contributed by atoms with van der Waals surface area (Å²) < 4.78 is 0. The zero-order valence-electron chi connectivity index (χ0n) is 11.9. The fourth-order valence-corrected chi connectivity index (χ4v) is 2.08. The van der Waals surface area contributed by atoms with E-state index in [-0.39, 0.29) is 23.9 Å². The van der Waals surface area contributed by atoms with E-state index in [4.69, 9.17) is 16.6 Å². The van der Waals surface area contributed by atoms with E-state index in [0.717, 1.165) is 0 Å². The molecule has 6 N–H and O–H groups in total. The number of carbonyl (C=O) groups is 1. The Labute approximate surface area is 130 Å². The maximum atomic E-state index is 11.2. The summed E-state index contributed by atoms with van der Waals surface area (Å²) in [5.74, 6) is -0.829. The van der Waals surface area contributed by atoms with Crippen molar-refractivity contribution >= 4 is 34.6 Å². The van der Waals surface area contributed by atoms with Gasteiger partial charge in [0.05, 0.1) is 24.0 Å². The average molecular weight is 311 g/mol. The van der Waals surface area contributed by atoms with Crippen molar-refractivity contribution in [1.82, 2.24) is 19.9 Å². The summed E-state index contributed by atoms with van der Waals surface area (Å²) >= 11 is 0. The quantitative estimate of drug-likeness (QED) is 0.550. The summed E-state index contributed by atoms with van der Waals surface area (Å²) in [6.07, 6.45) is 1.52. The summed E-state index contributed by atoms with van der Waals surface area (Å²) in [5.41, 5.74) is 13.2. The molecule has 0 amide bonds. The third-order valence-electron chi connectivity index (χ3n) is 3.12. The van der Waals surface area contributed by atoms with Gasteiger partial charge in [-0.3, -0.25) is 0 Å². The van der Waals surface area contributed by atoms with Gasteiger partial charge in [0.2, 0.25) is 5.95 Å². The number of carboxylic acid groups (broad SMARTS) is 1. The molecule has 2 aromatic heterocycles. The number of benzene rings is 1. The summed E-state index contributed by atoms with van der Waals surface area (Å²) in [6.45, 7) is 0.275. The highest BCUT2D eigenvalue weighted by molar-refractivity contribution is 5.94. The molecule has 0 aliphatic heterocycles. The molecule has 0 saturated carbocycles. The molecule has 0 aliphatic rings. The molecule has 0 bridgehead atoms. The molecular weight excluding hydrogens is 298 g/mol. The first-order valence-electron chi connectivity index (χ1n) is 6.65. The molecule has 1 aromatic carbocycles. The maximum absolute atomic E-state index is 11.2. The van der Waals surface area contributed by atoms with Crippen LogP contribution in [0.5, 0.6) is 0 Å². The SMILES string of the molecule is Nc1nc(N)c2nc(CNc3ccccc3C(=O)O)cnc2n1. The minimum absolute atomic E-state index is 0.0329. The van der Waals surface area contributed by atoms with Crippen LogP contribution in [0.1, 0.15) is 16.1 Å². The molecule has 9 nitrogen and oxygen atoms in total. The normalized spacial score (nSPS) is 10.6. The number of anilines is 3. The van der Waals surface area contributed by atoms with Crippen molar-refractivity contribution in [3.63, 3.8) is 0 Å². The monoisotopic (exact) mass is 311 g/mol. The van der Waals surface area contributed by atoms with Gasteiger partial charge in [-0.15, -0.1) is 0 Å². The highest BCUT2D eigenvalue weighted by Gasteiger charge is 2.10. The van der Waals surface area contributed by atoms with Crippen molar-refractivity contribution in [2.75, 3.05) is 16.8 Å². The Balaban J connectivity index is 1.87. The van der Waals surface area contributed by atoms with Gasteiger partial charge in [0.1, 0.15) is 0 Å². The van der Waals surface area contributed by atoms with Crippen molar-refractivity contribution in [1.29, 1.82) is 0 Å². The van der Waals surface area contributed by atoms with Crippen LogP contribution in [0.15, 0.2) is 30.5 Å². The fourth-order valence-electron chi connectivity index (χ4n) is 2.08. The van der Waals surface area contributed by atoms with Crippen LogP contribution in [0.3, 0.4) is 0 Å². The van der Waals surface area contributed by atoms with Crippen LogP contribution in [0.25, 0.3) is 11.2 Å². The van der Waals surface area contributed by atoms with Gasteiger partial charge in [-0.05, 0) is 12.1 Å². The molecule has 23 heavy (non-hydrogen) atoms. The van der Waals surface area contributed by atoms with Crippen molar-refractivity contribution in [3.8, 4) is 0 Å². The van der Waals surface area contributed by atoms with Crippen molar-refractivity contribution in [3.05, 3.63) is 41.7 Å². The zero-order chi connectivity index (χ0) is 16.4. The number of nitrogen functional groups attached to an aromatic ring is 2. The van der Waals surface area contributed by atoms with E-state index in [1.54, 1.807) is 18.2 Å². The molecule has 2 heterocycles. The molecule has 0 atom stereocenters. The van der Waals surface area contributed by atoms with Gasteiger partial charge in [0, 0.05) is 5.69 Å². The number of rotatable bonds is 4. The number of fused-ring (bicyclic) bond motifs is 1. The standard InChI is InChI=1S/C14H13N7O2/c15-11-10-12(21-14(16)20-11)18-6-7(19-10)5-17-9-4-2-1-3-8(9)13(22)23/h1-4,6,17H,5H2,(H,22,23)(H4,15,16,18,20,21). The summed E-state index contributed by atoms with van der Waals surface area (Å²) in [4.78, 5) is 27.4. The highest BCUT2D eigenvalue weighted by atomic mass is 16.4. The van der Waals surface area contributed by atoms with Gasteiger partial charge >= 0.3 is 5.97 Å². The van der Waals surface area contributed by atoms with E-state index in [1.807, 2.05) is 0 Å². The number of hydrogen-bond donors (Lipinski definition) is 4. The number of nitrogens with two attached hydrogens (primary N) is 2. The van der Waals surface area contributed by atoms with Crippen molar-refractivity contribution in [2.24, 2.45) is 0 Å². The Morgan fingerprint density at radius 3 is 2.74 bits per heavy atom. The Morgan fingerprint density at radius 2 is 1.96 bits per heavy atom. The van der Waals surface area contributed by atoms with Gasteiger partial charge < -0.3 is 21.9 Å². The minimum atomic E-state index is -1.01. The smallest absolute Gasteiger partial charge is 0.337 e. The van der Waals surface area contributed by atoms with Crippen LogP contribution in [-0.4, -0.2) is 31.0 Å². The lowest BCUT2D eigenvalue weighted by molar-refractivity contribution is 0.0698. The van der Waals surface area contributed by atoms with Gasteiger partial charge in [-0.2, -0.15) is 9.97 Å². The number of nitrogens with zero attached hydrogens (tertiary/aromatic N) is 4. The van der Waals surface area contributed by atoms with Crippen LogP contribution >= 0.6 is 0 Å². The summed E-state index contributed by atoms with van der Waals surface area (Å²) in [5, 5.41) is 12.2. The third kappa shape index (κ3) is 2.93. The van der Waals surface area contributed by atoms with Crippen molar-refractivity contribution < 1.29 is 9.90 Å². The second-order valence-corrected chi connectivity index (χ2v) is 4.70. The number of carboxylic acids is 1. The van der Waals surface area contributed by atoms with Gasteiger partial charge in [-0.1, -0.05) is 12.1 Å². The lowest BCUT2D eigenvalue weighted by Crippen LogP contribution is -2.09. The first kappa shape index (κ1) is 14.4. The second kappa shape index (κ2) is 5.72. The van der Waals surface area contributed by atoms with E-state index in [1.165, 1.54) is 12.3 Å². The summed E-state index contributed by atoms with van der Waals surface area (Å²) in [7, 11) is 0. The maximum Gasteiger partial charge on any atom is 0.337 e. The van der Waals surface area contributed by atoms with E-state index < -0.39 is 5.97 Å². The van der Waals surface area contributed by atoms with Crippen LogP contribution in [0.2, 0.25) is 0 Å². The lowest BCUT2D eigenvalue weighted by Gasteiger charge is -2.09. The number of aromatic nitrogens is 4. The Morgan fingerprint density at radius 1 is 1.17 bits per heavy atom. The minimum Gasteiger partial charge on any atom is -0.478 e. The molecule has 0 aliphatic carbocycles. The van der Waals surface area contributed by atoms with Crippen LogP contribution in [0, 0.1) is 0 Å². The third-order valence-corrected chi connectivity index (χ3v) is 3.12. The van der Waals surface area contributed by atoms with Crippen LogP contribution < -0.4 is 16.8 Å². The first-order chi connectivity index (χ1) is 11.0. The molecule has 9 heteroatoms. The summed E-state index contributed by atoms with van der Waals surface area (Å²) in [6, 6.07) is 6.60. The topological polar surface area (TPSA) is 153 Å². The average Bonchev–Trinajstić information content (AvgIpc) is 2.53. The lowest BCUT2D eigenvalue weighted by atomic mass is 10.2. The molecular formula is C14H13N7O2. The molecule has 3 aromatic rings. The molecule has 0 fully saturated rings. The molecule has 0 spiro atoms. The van der Waals surface area contributed by atoms with Gasteiger partial charge in [0.25, 0.3) is 0 Å². The Hall–Kier alpha value is -3.49. The number of nitrogens with one attached hydrogen (secondary N) is 1. The highest BCUT2D eigenvalue weighted by Crippen LogP contribution is 2.17. The van der Waals surface area contributed by atoms with Crippen molar-refractivity contribution in [2.45, 2.75) is 6.54 Å². The molecule has 3 rings (SSSR count). The van der Waals surface area contributed by atoms with E-state index in [2.05, 4.69) is 25.3 Å². The number of para-hydroxylation sites is 1. The second-order valence-electron chi connectivity index (χ2n) is 4.70. The first-order valence-corrected chi connectivity index (χ1v) is 6.65. The van der Waals surface area contributed by atoms with E-state index in [0.29, 0.717) is 22.5 Å². The van der Waals surface area contributed by atoms with Gasteiger partial charge in [0.15, 0.2) is 17.0 Å². The largest absolute Gasteiger partial charge is 0.478 e. The molecule has 0 saturated heterocycles. The molecule has 116 valence electrons. The number of aromatic carboxylic acids is 1. The predicted octanol–water partition coefficient (Wildman–Crippen LogP) is 0.894. The Bertz CT molecular complexity index is 897. The van der Waals surface area contributed by atoms with E-state index >= 15 is 0 Å². The van der Waals surface area contributed by atoms with Crippen LogP contribution in [0.4, 0.5) is 17.5 Å². The molecule has 0 unspecified atom stereocenters. The number of hydrogen-bond acceptors (Lipinski definition) is 8. The molecule has 0 radical (unpaired) electrons. The predicted molar refractivity (Wildman–Crippen MR) is 84.7 cm³/mol.